The molecule has 0 fully saturated rings. The lowest BCUT2D eigenvalue weighted by atomic mass is 9.79. The second-order valence-electron chi connectivity index (χ2n) is 10.7. The summed E-state index contributed by atoms with van der Waals surface area (Å²) in [6, 6.07) is 23.1. The molecule has 6 aromatic rings. The van der Waals surface area contributed by atoms with Crippen LogP contribution in [0.4, 0.5) is 4.39 Å². The topological polar surface area (TPSA) is 17.0 Å². The summed E-state index contributed by atoms with van der Waals surface area (Å²) in [7, 11) is 1.93. The Labute approximate surface area is 209 Å². The smallest absolute Gasteiger partial charge is 0.224 e. The summed E-state index contributed by atoms with van der Waals surface area (Å²) in [5.41, 5.74) is 10.4. The average Bonchev–Trinajstić information content (AvgIpc) is 3.34. The standard InChI is InChI=1S/C33H27FNO/c1-18-16-24-21-11-7-9-13-27(21)36-32(24)28(19(18)2)31-23-15-14-22-20-10-6-8-12-25(20)33(3,4)30(22)29(23)26(34)17-35(31)5/h6-17H,1-5H3/q+1. The SMILES string of the molecule is Cc1cc2c(oc3ccccc32)c(-c2c3ccc4c(c3c(F)c[n+]2C)C(C)(C)c2ccccc2-4)c1C. The summed E-state index contributed by atoms with van der Waals surface area (Å²) in [5, 5.41) is 3.80. The third-order valence-corrected chi connectivity index (χ3v) is 8.30. The van der Waals surface area contributed by atoms with Crippen molar-refractivity contribution < 1.29 is 13.4 Å². The molecule has 0 N–H and O–H groups in total. The predicted molar refractivity (Wildman–Crippen MR) is 145 cm³/mol. The number of aromatic nitrogens is 1. The van der Waals surface area contributed by atoms with Crippen LogP contribution in [-0.2, 0) is 12.5 Å². The Balaban J connectivity index is 1.66. The van der Waals surface area contributed by atoms with Crippen molar-refractivity contribution in [1.82, 2.24) is 0 Å². The van der Waals surface area contributed by atoms with E-state index >= 15 is 4.39 Å². The Kier molecular flexibility index (Phi) is 4.17. The molecule has 0 spiro atoms. The Morgan fingerprint density at radius 1 is 0.833 bits per heavy atom. The van der Waals surface area contributed by atoms with Crippen LogP contribution in [0.5, 0.6) is 0 Å². The Bertz CT molecular complexity index is 1910. The molecule has 2 nitrogen and oxygen atoms in total. The minimum atomic E-state index is -0.306. The molecule has 2 heterocycles. The van der Waals surface area contributed by atoms with E-state index in [2.05, 4.69) is 76.2 Å². The summed E-state index contributed by atoms with van der Waals surface area (Å²) in [4.78, 5) is 0. The lowest BCUT2D eigenvalue weighted by molar-refractivity contribution is -0.660. The largest absolute Gasteiger partial charge is 0.455 e. The molecular weight excluding hydrogens is 445 g/mol. The molecule has 3 heteroatoms. The van der Waals surface area contributed by atoms with Crippen LogP contribution in [-0.4, -0.2) is 0 Å². The summed E-state index contributed by atoms with van der Waals surface area (Å²) >= 11 is 0. The van der Waals surface area contributed by atoms with E-state index in [9.17, 15) is 0 Å². The molecule has 0 radical (unpaired) electrons. The number of hydrogen-bond donors (Lipinski definition) is 0. The van der Waals surface area contributed by atoms with Crippen molar-refractivity contribution in [3.05, 3.63) is 101 Å². The second-order valence-corrected chi connectivity index (χ2v) is 10.7. The van der Waals surface area contributed by atoms with Gasteiger partial charge in [0.15, 0.2) is 5.82 Å². The first-order valence-corrected chi connectivity index (χ1v) is 12.5. The maximum Gasteiger partial charge on any atom is 0.224 e. The predicted octanol–water partition coefficient (Wildman–Crippen LogP) is 8.29. The first-order chi connectivity index (χ1) is 17.3. The number of furan rings is 1. The first kappa shape index (κ1) is 21.3. The van der Waals surface area contributed by atoms with Gasteiger partial charge in [0.1, 0.15) is 18.2 Å². The van der Waals surface area contributed by atoms with Crippen molar-refractivity contribution in [1.29, 1.82) is 0 Å². The lowest BCUT2D eigenvalue weighted by Gasteiger charge is -2.23. The molecule has 0 unspecified atom stereocenters. The number of rotatable bonds is 1. The number of halogens is 1. The van der Waals surface area contributed by atoms with Gasteiger partial charge in [0.2, 0.25) is 11.9 Å². The summed E-state index contributed by atoms with van der Waals surface area (Å²) < 4.78 is 24.4. The summed E-state index contributed by atoms with van der Waals surface area (Å²) in [6.45, 7) is 8.69. The number of hydrogen-bond acceptors (Lipinski definition) is 1. The number of aryl methyl sites for hydroxylation is 2. The number of para-hydroxylation sites is 1. The van der Waals surface area contributed by atoms with Gasteiger partial charge >= 0.3 is 0 Å². The maximum atomic E-state index is 16.0. The van der Waals surface area contributed by atoms with E-state index in [0.717, 1.165) is 55.3 Å². The van der Waals surface area contributed by atoms with E-state index in [4.69, 9.17) is 4.42 Å². The number of nitrogens with zero attached hydrogens (tertiary/aromatic N) is 1. The van der Waals surface area contributed by atoms with Crippen molar-refractivity contribution in [3.63, 3.8) is 0 Å². The molecule has 0 saturated carbocycles. The van der Waals surface area contributed by atoms with Gasteiger partial charge < -0.3 is 4.42 Å². The van der Waals surface area contributed by atoms with Crippen LogP contribution < -0.4 is 4.57 Å². The maximum absolute atomic E-state index is 16.0. The van der Waals surface area contributed by atoms with Gasteiger partial charge in [-0.1, -0.05) is 62.4 Å². The second kappa shape index (κ2) is 7.04. The van der Waals surface area contributed by atoms with Crippen molar-refractivity contribution in [2.24, 2.45) is 7.05 Å². The molecule has 176 valence electrons. The van der Waals surface area contributed by atoms with E-state index in [-0.39, 0.29) is 11.2 Å². The molecule has 7 rings (SSSR count). The summed E-state index contributed by atoms with van der Waals surface area (Å²) in [6.07, 6.45) is 1.63. The quantitative estimate of drug-likeness (QED) is 0.220. The minimum absolute atomic E-state index is 0.194. The summed E-state index contributed by atoms with van der Waals surface area (Å²) in [5.74, 6) is -0.194. The van der Waals surface area contributed by atoms with Gasteiger partial charge in [-0.25, -0.2) is 0 Å². The van der Waals surface area contributed by atoms with Gasteiger partial charge in [0.25, 0.3) is 0 Å². The molecule has 2 aromatic heterocycles. The normalized spacial score (nSPS) is 14.1. The number of pyridine rings is 1. The molecule has 36 heavy (non-hydrogen) atoms. The van der Waals surface area contributed by atoms with Crippen LogP contribution in [0.1, 0.15) is 36.1 Å². The van der Waals surface area contributed by atoms with Gasteiger partial charge in [-0.3, -0.25) is 0 Å². The molecule has 0 aliphatic heterocycles. The van der Waals surface area contributed by atoms with Gasteiger partial charge in [-0.15, -0.1) is 0 Å². The van der Waals surface area contributed by atoms with E-state index in [1.807, 2.05) is 29.8 Å². The van der Waals surface area contributed by atoms with Crippen LogP contribution in [0, 0.1) is 19.7 Å². The zero-order chi connectivity index (χ0) is 24.9. The molecular formula is C33H27FNO+. The van der Waals surface area contributed by atoms with E-state index < -0.39 is 0 Å². The first-order valence-electron chi connectivity index (χ1n) is 12.5. The molecule has 1 aliphatic carbocycles. The van der Waals surface area contributed by atoms with E-state index in [0.29, 0.717) is 5.39 Å². The van der Waals surface area contributed by atoms with Crippen LogP contribution in [0.25, 0.3) is 55.1 Å². The third kappa shape index (κ3) is 2.58. The molecule has 0 amide bonds. The highest BCUT2D eigenvalue weighted by Crippen LogP contribution is 2.52. The molecule has 0 atom stereocenters. The molecule has 1 aliphatic rings. The third-order valence-electron chi connectivity index (χ3n) is 8.30. The van der Waals surface area contributed by atoms with Gasteiger partial charge in [0.05, 0.1) is 10.9 Å². The van der Waals surface area contributed by atoms with Crippen LogP contribution in [0.2, 0.25) is 0 Å². The fourth-order valence-corrected chi connectivity index (χ4v) is 6.49. The average molecular weight is 473 g/mol. The molecule has 0 bridgehead atoms. The fourth-order valence-electron chi connectivity index (χ4n) is 6.49. The van der Waals surface area contributed by atoms with Crippen molar-refractivity contribution >= 4 is 32.7 Å². The highest BCUT2D eigenvalue weighted by molar-refractivity contribution is 6.13. The monoisotopic (exact) mass is 472 g/mol. The van der Waals surface area contributed by atoms with E-state index in [1.165, 1.54) is 16.7 Å². The molecule has 4 aromatic carbocycles. The Morgan fingerprint density at radius 2 is 1.58 bits per heavy atom. The van der Waals surface area contributed by atoms with Crippen molar-refractivity contribution in [3.8, 4) is 22.4 Å². The lowest BCUT2D eigenvalue weighted by Crippen LogP contribution is -2.32. The number of fused-ring (bicyclic) bond motifs is 8. The Hall–Kier alpha value is -3.98. The van der Waals surface area contributed by atoms with E-state index in [1.54, 1.807) is 6.20 Å². The van der Waals surface area contributed by atoms with Gasteiger partial charge in [0, 0.05) is 21.6 Å². The molecule has 0 saturated heterocycles. The fraction of sp³-hybridized carbons (Fsp3) is 0.182. The zero-order valence-electron chi connectivity index (χ0n) is 21.2. The number of benzene rings is 4. The van der Waals surface area contributed by atoms with Crippen LogP contribution >= 0.6 is 0 Å². The van der Waals surface area contributed by atoms with Gasteiger partial charge in [-0.2, -0.15) is 8.96 Å². The van der Waals surface area contributed by atoms with Crippen molar-refractivity contribution in [2.75, 3.05) is 0 Å². The minimum Gasteiger partial charge on any atom is -0.455 e. The van der Waals surface area contributed by atoms with Crippen LogP contribution in [0.3, 0.4) is 0 Å². The van der Waals surface area contributed by atoms with Crippen LogP contribution in [0.15, 0.2) is 77.3 Å². The Morgan fingerprint density at radius 3 is 2.42 bits per heavy atom. The van der Waals surface area contributed by atoms with Crippen molar-refractivity contribution in [2.45, 2.75) is 33.1 Å². The highest BCUT2D eigenvalue weighted by Gasteiger charge is 2.39. The van der Waals surface area contributed by atoms with Gasteiger partial charge in [-0.05, 0) is 65.4 Å². The zero-order valence-corrected chi connectivity index (χ0v) is 21.2. The highest BCUT2D eigenvalue weighted by atomic mass is 19.1.